The number of benzene rings is 1. The molecule has 0 amide bonds. The molecular weight excluding hydrogens is 226 g/mol. The van der Waals surface area contributed by atoms with Gasteiger partial charge >= 0.3 is 5.97 Å². The standard InChI is InChI=1S/C15H23NO2/c1-4-16-14(11-15(17)18-3)10-12(2)13-8-6-5-7-9-13/h5-9,12,14,16H,4,10-11H2,1-3H3. The molecule has 0 aliphatic rings. The van der Waals surface area contributed by atoms with Gasteiger partial charge in [0.1, 0.15) is 0 Å². The van der Waals surface area contributed by atoms with Crippen molar-refractivity contribution in [3.05, 3.63) is 35.9 Å². The number of esters is 1. The second-order valence-electron chi connectivity index (χ2n) is 4.58. The minimum absolute atomic E-state index is 0.152. The molecule has 0 bridgehead atoms. The summed E-state index contributed by atoms with van der Waals surface area (Å²) in [7, 11) is 1.44. The molecule has 18 heavy (non-hydrogen) atoms. The molecule has 0 spiro atoms. The van der Waals surface area contributed by atoms with Gasteiger partial charge in [0.05, 0.1) is 13.5 Å². The fourth-order valence-electron chi connectivity index (χ4n) is 2.16. The van der Waals surface area contributed by atoms with Gasteiger partial charge in [-0.05, 0) is 24.4 Å². The van der Waals surface area contributed by atoms with Crippen LogP contribution in [0.4, 0.5) is 0 Å². The maximum atomic E-state index is 11.4. The lowest BCUT2D eigenvalue weighted by atomic mass is 9.92. The summed E-state index contributed by atoms with van der Waals surface area (Å²) in [6, 6.07) is 10.6. The van der Waals surface area contributed by atoms with Gasteiger partial charge in [-0.25, -0.2) is 0 Å². The average Bonchev–Trinajstić information content (AvgIpc) is 2.39. The van der Waals surface area contributed by atoms with Crippen molar-refractivity contribution in [2.75, 3.05) is 13.7 Å². The molecule has 3 heteroatoms. The third-order valence-electron chi connectivity index (χ3n) is 3.14. The molecule has 2 atom stereocenters. The number of nitrogens with one attached hydrogen (secondary N) is 1. The monoisotopic (exact) mass is 249 g/mol. The van der Waals surface area contributed by atoms with Crippen molar-refractivity contribution < 1.29 is 9.53 Å². The van der Waals surface area contributed by atoms with Gasteiger partial charge in [0.25, 0.3) is 0 Å². The first-order chi connectivity index (χ1) is 8.67. The van der Waals surface area contributed by atoms with Crippen molar-refractivity contribution >= 4 is 5.97 Å². The molecule has 0 radical (unpaired) electrons. The fourth-order valence-corrected chi connectivity index (χ4v) is 2.16. The summed E-state index contributed by atoms with van der Waals surface area (Å²) in [5.41, 5.74) is 1.31. The van der Waals surface area contributed by atoms with Gasteiger partial charge in [0.2, 0.25) is 0 Å². The van der Waals surface area contributed by atoms with Crippen molar-refractivity contribution in [2.45, 2.75) is 38.6 Å². The zero-order valence-corrected chi connectivity index (χ0v) is 11.5. The first-order valence-corrected chi connectivity index (χ1v) is 6.52. The lowest BCUT2D eigenvalue weighted by Gasteiger charge is -2.21. The highest BCUT2D eigenvalue weighted by Gasteiger charge is 2.17. The molecule has 0 aliphatic heterocycles. The smallest absolute Gasteiger partial charge is 0.307 e. The molecule has 1 rings (SSSR count). The van der Waals surface area contributed by atoms with Gasteiger partial charge in [0, 0.05) is 6.04 Å². The number of methoxy groups -OCH3 is 1. The topological polar surface area (TPSA) is 38.3 Å². The van der Waals surface area contributed by atoms with Crippen LogP contribution in [0.15, 0.2) is 30.3 Å². The predicted octanol–water partition coefficient (Wildman–Crippen LogP) is 2.72. The molecule has 1 aromatic carbocycles. The summed E-state index contributed by atoms with van der Waals surface area (Å²) < 4.78 is 4.74. The molecule has 1 N–H and O–H groups in total. The van der Waals surface area contributed by atoms with E-state index in [0.717, 1.165) is 13.0 Å². The minimum atomic E-state index is -0.152. The largest absolute Gasteiger partial charge is 0.469 e. The van der Waals surface area contributed by atoms with Crippen LogP contribution in [0.5, 0.6) is 0 Å². The Labute approximate surface area is 110 Å². The van der Waals surface area contributed by atoms with E-state index in [1.807, 2.05) is 18.2 Å². The number of hydrogen-bond acceptors (Lipinski definition) is 3. The molecule has 3 nitrogen and oxygen atoms in total. The second-order valence-corrected chi connectivity index (χ2v) is 4.58. The van der Waals surface area contributed by atoms with Crippen LogP contribution in [0.2, 0.25) is 0 Å². The van der Waals surface area contributed by atoms with Crippen LogP contribution in [0.25, 0.3) is 0 Å². The SMILES string of the molecule is CCNC(CC(=O)OC)CC(C)c1ccccc1. The van der Waals surface area contributed by atoms with Crippen LogP contribution in [-0.4, -0.2) is 25.7 Å². The van der Waals surface area contributed by atoms with E-state index in [0.29, 0.717) is 12.3 Å². The average molecular weight is 249 g/mol. The Morgan fingerprint density at radius 1 is 1.33 bits per heavy atom. The molecule has 0 aromatic heterocycles. The van der Waals surface area contributed by atoms with Crippen LogP contribution in [0.1, 0.15) is 38.2 Å². The van der Waals surface area contributed by atoms with E-state index >= 15 is 0 Å². The van der Waals surface area contributed by atoms with Gasteiger partial charge in [-0.3, -0.25) is 4.79 Å². The molecule has 0 saturated heterocycles. The van der Waals surface area contributed by atoms with E-state index < -0.39 is 0 Å². The molecule has 0 aliphatic carbocycles. The maximum absolute atomic E-state index is 11.4. The highest BCUT2D eigenvalue weighted by atomic mass is 16.5. The Hall–Kier alpha value is -1.35. The van der Waals surface area contributed by atoms with E-state index in [1.165, 1.54) is 12.7 Å². The number of carbonyl (C=O) groups excluding carboxylic acids is 1. The lowest BCUT2D eigenvalue weighted by Crippen LogP contribution is -2.32. The molecule has 100 valence electrons. The number of hydrogen-bond donors (Lipinski definition) is 1. The summed E-state index contributed by atoms with van der Waals surface area (Å²) in [5, 5.41) is 3.35. The molecule has 0 fully saturated rings. The minimum Gasteiger partial charge on any atom is -0.469 e. The summed E-state index contributed by atoms with van der Waals surface area (Å²) >= 11 is 0. The lowest BCUT2D eigenvalue weighted by molar-refractivity contribution is -0.141. The summed E-state index contributed by atoms with van der Waals surface area (Å²) in [4.78, 5) is 11.4. The van der Waals surface area contributed by atoms with Crippen molar-refractivity contribution in [3.8, 4) is 0 Å². The normalized spacial score (nSPS) is 13.9. The van der Waals surface area contributed by atoms with Crippen molar-refractivity contribution in [1.82, 2.24) is 5.32 Å². The van der Waals surface area contributed by atoms with Gasteiger partial charge < -0.3 is 10.1 Å². The van der Waals surface area contributed by atoms with E-state index in [2.05, 4.69) is 31.3 Å². The Bertz CT molecular complexity index is 351. The van der Waals surface area contributed by atoms with Gasteiger partial charge in [-0.2, -0.15) is 0 Å². The van der Waals surface area contributed by atoms with Crippen LogP contribution >= 0.6 is 0 Å². The van der Waals surface area contributed by atoms with E-state index in [1.54, 1.807) is 0 Å². The molecule has 0 heterocycles. The third-order valence-corrected chi connectivity index (χ3v) is 3.14. The van der Waals surface area contributed by atoms with E-state index in [9.17, 15) is 4.79 Å². The third kappa shape index (κ3) is 4.88. The van der Waals surface area contributed by atoms with E-state index in [4.69, 9.17) is 4.74 Å². The van der Waals surface area contributed by atoms with Crippen molar-refractivity contribution in [2.24, 2.45) is 0 Å². The molecule has 0 saturated carbocycles. The summed E-state index contributed by atoms with van der Waals surface area (Å²) in [5.74, 6) is 0.279. The Balaban J connectivity index is 2.57. The number of ether oxygens (including phenoxy) is 1. The number of carbonyl (C=O) groups is 1. The first kappa shape index (κ1) is 14.7. The summed E-state index contributed by atoms with van der Waals surface area (Å²) in [6.45, 7) is 5.11. The molecule has 1 aromatic rings. The zero-order valence-electron chi connectivity index (χ0n) is 11.5. The van der Waals surface area contributed by atoms with Crippen LogP contribution in [0.3, 0.4) is 0 Å². The van der Waals surface area contributed by atoms with Gasteiger partial charge in [0.15, 0.2) is 0 Å². The Kier molecular flexibility index (Phi) is 6.44. The van der Waals surface area contributed by atoms with Crippen molar-refractivity contribution in [3.63, 3.8) is 0 Å². The zero-order chi connectivity index (χ0) is 13.4. The van der Waals surface area contributed by atoms with Crippen LogP contribution < -0.4 is 5.32 Å². The quantitative estimate of drug-likeness (QED) is 0.755. The Morgan fingerprint density at radius 3 is 2.56 bits per heavy atom. The highest BCUT2D eigenvalue weighted by Crippen LogP contribution is 2.21. The Morgan fingerprint density at radius 2 is 2.00 bits per heavy atom. The van der Waals surface area contributed by atoms with Crippen LogP contribution in [-0.2, 0) is 9.53 Å². The fraction of sp³-hybridized carbons (Fsp3) is 0.533. The maximum Gasteiger partial charge on any atom is 0.307 e. The predicted molar refractivity (Wildman–Crippen MR) is 73.6 cm³/mol. The van der Waals surface area contributed by atoms with Crippen molar-refractivity contribution in [1.29, 1.82) is 0 Å². The van der Waals surface area contributed by atoms with E-state index in [-0.39, 0.29) is 12.0 Å². The van der Waals surface area contributed by atoms with Gasteiger partial charge in [-0.1, -0.05) is 44.2 Å². The number of rotatable bonds is 7. The molecule has 2 unspecified atom stereocenters. The summed E-state index contributed by atoms with van der Waals surface area (Å²) in [6.07, 6.45) is 1.37. The second kappa shape index (κ2) is 7.88. The van der Waals surface area contributed by atoms with Crippen LogP contribution in [0, 0.1) is 0 Å². The highest BCUT2D eigenvalue weighted by molar-refractivity contribution is 5.69. The molecular formula is C15H23NO2. The van der Waals surface area contributed by atoms with Gasteiger partial charge in [-0.15, -0.1) is 0 Å². The first-order valence-electron chi connectivity index (χ1n) is 6.52.